The maximum absolute atomic E-state index is 13.7. The summed E-state index contributed by atoms with van der Waals surface area (Å²) in [7, 11) is 1.66. The van der Waals surface area contributed by atoms with E-state index in [-0.39, 0.29) is 12.1 Å². The highest BCUT2D eigenvalue weighted by atomic mass is 19.1. The van der Waals surface area contributed by atoms with Crippen molar-refractivity contribution < 1.29 is 13.5 Å². The minimum absolute atomic E-state index is 0.00922. The lowest BCUT2D eigenvalue weighted by molar-refractivity contribution is 0.0335. The van der Waals surface area contributed by atoms with Crippen molar-refractivity contribution >= 4 is 0 Å². The zero-order chi connectivity index (χ0) is 14.4. The smallest absolute Gasteiger partial charge is 0.129 e. The molecule has 0 bridgehead atoms. The summed E-state index contributed by atoms with van der Waals surface area (Å²) in [5, 5.41) is 3.32. The predicted octanol–water partition coefficient (Wildman–Crippen LogP) is 3.16. The van der Waals surface area contributed by atoms with E-state index < -0.39 is 11.6 Å². The largest absolute Gasteiger partial charge is 0.380 e. The minimum Gasteiger partial charge on any atom is -0.380 e. The van der Waals surface area contributed by atoms with Crippen LogP contribution in [0.2, 0.25) is 0 Å². The van der Waals surface area contributed by atoms with Gasteiger partial charge in [-0.1, -0.05) is 26.8 Å². The molecule has 1 N–H and O–H groups in total. The molecule has 0 heterocycles. The molecule has 19 heavy (non-hydrogen) atoms. The van der Waals surface area contributed by atoms with Crippen molar-refractivity contribution in [3.8, 4) is 0 Å². The highest BCUT2D eigenvalue weighted by molar-refractivity contribution is 5.20. The Morgan fingerprint density at radius 3 is 2.42 bits per heavy atom. The number of ether oxygens (including phenoxy) is 1. The van der Waals surface area contributed by atoms with Gasteiger partial charge in [0.2, 0.25) is 0 Å². The first-order chi connectivity index (χ1) is 8.99. The van der Waals surface area contributed by atoms with Gasteiger partial charge in [0.05, 0.1) is 6.10 Å². The molecule has 1 rings (SSSR count). The summed E-state index contributed by atoms with van der Waals surface area (Å²) >= 11 is 0. The van der Waals surface area contributed by atoms with Crippen molar-refractivity contribution in [1.29, 1.82) is 0 Å². The van der Waals surface area contributed by atoms with E-state index in [4.69, 9.17) is 4.74 Å². The molecule has 0 fully saturated rings. The molecule has 2 nitrogen and oxygen atoms in total. The lowest BCUT2D eigenvalue weighted by Gasteiger charge is -2.30. The molecule has 0 aliphatic heterocycles. The van der Waals surface area contributed by atoms with Gasteiger partial charge in [-0.15, -0.1) is 0 Å². The third-order valence-corrected chi connectivity index (χ3v) is 3.25. The molecule has 108 valence electrons. The summed E-state index contributed by atoms with van der Waals surface area (Å²) in [5.74, 6) is -0.729. The Bertz CT molecular complexity index is 396. The van der Waals surface area contributed by atoms with Crippen LogP contribution in [0.3, 0.4) is 0 Å². The molecule has 0 radical (unpaired) electrons. The van der Waals surface area contributed by atoms with Crippen molar-refractivity contribution in [2.45, 2.75) is 39.3 Å². The lowest BCUT2D eigenvalue weighted by atomic mass is 9.93. The quantitative estimate of drug-likeness (QED) is 0.822. The average molecular weight is 271 g/mol. The molecule has 4 heteroatoms. The van der Waals surface area contributed by atoms with Crippen LogP contribution in [-0.2, 0) is 11.2 Å². The van der Waals surface area contributed by atoms with Gasteiger partial charge in [0, 0.05) is 19.2 Å². The van der Waals surface area contributed by atoms with Crippen LogP contribution in [0.5, 0.6) is 0 Å². The van der Waals surface area contributed by atoms with Gasteiger partial charge in [-0.2, -0.15) is 0 Å². The van der Waals surface area contributed by atoms with Crippen molar-refractivity contribution in [2.75, 3.05) is 13.7 Å². The van der Waals surface area contributed by atoms with Gasteiger partial charge in [-0.05, 0) is 30.5 Å². The summed E-state index contributed by atoms with van der Waals surface area (Å²) in [4.78, 5) is 0. The first-order valence-electron chi connectivity index (χ1n) is 6.69. The van der Waals surface area contributed by atoms with E-state index in [9.17, 15) is 8.78 Å². The van der Waals surface area contributed by atoms with Crippen LogP contribution in [0, 0.1) is 17.6 Å². The molecule has 2 unspecified atom stereocenters. The van der Waals surface area contributed by atoms with Gasteiger partial charge in [0.1, 0.15) is 11.6 Å². The van der Waals surface area contributed by atoms with Crippen LogP contribution in [0.4, 0.5) is 8.78 Å². The number of benzene rings is 1. The third kappa shape index (κ3) is 4.55. The highest BCUT2D eigenvalue weighted by Crippen LogP contribution is 2.17. The Balaban J connectivity index is 2.88. The highest BCUT2D eigenvalue weighted by Gasteiger charge is 2.24. The number of likely N-dealkylation sites (N-methyl/N-ethyl adjacent to an activating group) is 1. The van der Waals surface area contributed by atoms with E-state index in [1.54, 1.807) is 7.11 Å². The maximum Gasteiger partial charge on any atom is 0.129 e. The fraction of sp³-hybridized carbons (Fsp3) is 0.600. The van der Waals surface area contributed by atoms with Crippen LogP contribution < -0.4 is 5.32 Å². The molecule has 0 amide bonds. The van der Waals surface area contributed by atoms with Gasteiger partial charge in [-0.25, -0.2) is 8.78 Å². The van der Waals surface area contributed by atoms with Crippen molar-refractivity contribution in [1.82, 2.24) is 5.32 Å². The van der Waals surface area contributed by atoms with E-state index in [0.29, 0.717) is 17.9 Å². The number of hydrogen-bond donors (Lipinski definition) is 1. The van der Waals surface area contributed by atoms with Gasteiger partial charge in [0.25, 0.3) is 0 Å². The second kappa shape index (κ2) is 7.56. The number of hydrogen-bond acceptors (Lipinski definition) is 2. The summed E-state index contributed by atoms with van der Waals surface area (Å²) in [6.07, 6.45) is 0.473. The number of halogens is 2. The molecule has 0 aliphatic carbocycles. The van der Waals surface area contributed by atoms with E-state index in [1.807, 2.05) is 6.92 Å². The lowest BCUT2D eigenvalue weighted by Crippen LogP contribution is -2.45. The van der Waals surface area contributed by atoms with Crippen LogP contribution in [0.1, 0.15) is 26.3 Å². The first-order valence-corrected chi connectivity index (χ1v) is 6.69. The van der Waals surface area contributed by atoms with E-state index >= 15 is 0 Å². The average Bonchev–Trinajstić information content (AvgIpc) is 2.33. The molecule has 1 aromatic rings. The van der Waals surface area contributed by atoms with Gasteiger partial charge in [0.15, 0.2) is 0 Å². The molecular formula is C15H23F2NO. The van der Waals surface area contributed by atoms with Crippen molar-refractivity contribution in [3.05, 3.63) is 35.4 Å². The Kier molecular flexibility index (Phi) is 6.38. The molecule has 0 spiro atoms. The Morgan fingerprint density at radius 2 is 1.95 bits per heavy atom. The molecule has 0 saturated heterocycles. The fourth-order valence-electron chi connectivity index (χ4n) is 2.39. The summed E-state index contributed by atoms with van der Waals surface area (Å²) in [6, 6.07) is 3.73. The van der Waals surface area contributed by atoms with Crippen LogP contribution in [0.15, 0.2) is 18.2 Å². The molecule has 1 aromatic carbocycles. The minimum atomic E-state index is -0.548. The summed E-state index contributed by atoms with van der Waals surface area (Å²) in [6.45, 7) is 6.92. The number of nitrogens with one attached hydrogen (secondary N) is 1. The third-order valence-electron chi connectivity index (χ3n) is 3.25. The summed E-state index contributed by atoms with van der Waals surface area (Å²) in [5.41, 5.74) is 0.509. The Hall–Kier alpha value is -1.00. The van der Waals surface area contributed by atoms with Crippen molar-refractivity contribution in [2.24, 2.45) is 5.92 Å². The zero-order valence-corrected chi connectivity index (χ0v) is 12.0. The SMILES string of the molecule is CCNC(Cc1ccc(F)cc1F)C(OC)C(C)C. The van der Waals surface area contributed by atoms with Crippen molar-refractivity contribution in [3.63, 3.8) is 0 Å². The number of methoxy groups -OCH3 is 1. The monoisotopic (exact) mass is 271 g/mol. The van der Waals surface area contributed by atoms with Crippen LogP contribution >= 0.6 is 0 Å². The van der Waals surface area contributed by atoms with E-state index in [0.717, 1.165) is 12.6 Å². The standard InChI is InChI=1S/C15H23F2NO/c1-5-18-14(15(19-4)10(2)3)8-11-6-7-12(16)9-13(11)17/h6-7,9-10,14-15,18H,5,8H2,1-4H3. The fourth-order valence-corrected chi connectivity index (χ4v) is 2.39. The van der Waals surface area contributed by atoms with Crippen LogP contribution in [-0.4, -0.2) is 25.8 Å². The molecular weight excluding hydrogens is 248 g/mol. The molecule has 2 atom stereocenters. The Labute approximate surface area is 114 Å². The first kappa shape index (κ1) is 16.1. The maximum atomic E-state index is 13.7. The molecule has 0 aromatic heterocycles. The zero-order valence-electron chi connectivity index (χ0n) is 12.0. The van der Waals surface area contributed by atoms with Gasteiger partial charge in [-0.3, -0.25) is 0 Å². The van der Waals surface area contributed by atoms with E-state index in [2.05, 4.69) is 19.2 Å². The predicted molar refractivity (Wildman–Crippen MR) is 73.2 cm³/mol. The molecule has 0 aliphatic rings. The van der Waals surface area contributed by atoms with Crippen LogP contribution in [0.25, 0.3) is 0 Å². The Morgan fingerprint density at radius 1 is 1.26 bits per heavy atom. The topological polar surface area (TPSA) is 21.3 Å². The molecule has 0 saturated carbocycles. The normalized spacial score (nSPS) is 14.7. The van der Waals surface area contributed by atoms with Gasteiger partial charge >= 0.3 is 0 Å². The second-order valence-corrected chi connectivity index (χ2v) is 5.05. The van der Waals surface area contributed by atoms with E-state index in [1.165, 1.54) is 12.1 Å². The second-order valence-electron chi connectivity index (χ2n) is 5.05. The van der Waals surface area contributed by atoms with Gasteiger partial charge < -0.3 is 10.1 Å². The summed E-state index contributed by atoms with van der Waals surface area (Å²) < 4.78 is 32.1. The number of rotatable bonds is 7.